The minimum absolute atomic E-state index is 0.0568. The summed E-state index contributed by atoms with van der Waals surface area (Å²) in [7, 11) is 0. The Balaban J connectivity index is 2.32. The highest BCUT2D eigenvalue weighted by Crippen LogP contribution is 2.20. The Bertz CT molecular complexity index is 363. The van der Waals surface area contributed by atoms with Crippen molar-refractivity contribution in [1.82, 2.24) is 5.32 Å². The zero-order chi connectivity index (χ0) is 13.4. The Kier molecular flexibility index (Phi) is 6.83. The van der Waals surface area contributed by atoms with Crippen LogP contribution in [-0.4, -0.2) is 18.2 Å². The number of nitrogens with two attached hydrogens (primary N) is 1. The van der Waals surface area contributed by atoms with E-state index >= 15 is 0 Å². The van der Waals surface area contributed by atoms with Gasteiger partial charge in [-0.2, -0.15) is 0 Å². The van der Waals surface area contributed by atoms with Crippen LogP contribution in [0.1, 0.15) is 38.3 Å². The third kappa shape index (κ3) is 5.56. The molecule has 0 fully saturated rings. The summed E-state index contributed by atoms with van der Waals surface area (Å²) in [6.07, 6.45) is 2.14. The van der Waals surface area contributed by atoms with E-state index in [1.54, 1.807) is 11.8 Å². The van der Waals surface area contributed by atoms with E-state index in [2.05, 4.69) is 12.2 Å². The van der Waals surface area contributed by atoms with E-state index < -0.39 is 0 Å². The molecule has 1 unspecified atom stereocenters. The molecule has 0 radical (unpaired) electrons. The SMILES string of the molecule is CCCCNC(=O)CSc1ccc(C(C)N)cc1. The van der Waals surface area contributed by atoms with Gasteiger partial charge >= 0.3 is 0 Å². The van der Waals surface area contributed by atoms with E-state index in [0.29, 0.717) is 5.75 Å². The summed E-state index contributed by atoms with van der Waals surface area (Å²) in [5.41, 5.74) is 6.90. The molecule has 4 heteroatoms. The van der Waals surface area contributed by atoms with Gasteiger partial charge in [-0.25, -0.2) is 0 Å². The van der Waals surface area contributed by atoms with Crippen molar-refractivity contribution >= 4 is 17.7 Å². The summed E-state index contributed by atoms with van der Waals surface area (Å²) in [5, 5.41) is 2.90. The molecular formula is C14H22N2OS. The summed E-state index contributed by atoms with van der Waals surface area (Å²) in [6, 6.07) is 8.12. The van der Waals surface area contributed by atoms with Crippen LogP contribution in [0.25, 0.3) is 0 Å². The molecule has 0 aliphatic heterocycles. The van der Waals surface area contributed by atoms with Crippen molar-refractivity contribution in [3.8, 4) is 0 Å². The minimum Gasteiger partial charge on any atom is -0.355 e. The Morgan fingerprint density at radius 1 is 1.39 bits per heavy atom. The molecular weight excluding hydrogens is 244 g/mol. The summed E-state index contributed by atoms with van der Waals surface area (Å²) in [6.45, 7) is 4.85. The maximum absolute atomic E-state index is 11.5. The molecule has 1 aromatic carbocycles. The number of carbonyl (C=O) groups is 1. The van der Waals surface area contributed by atoms with Gasteiger partial charge in [0.05, 0.1) is 5.75 Å². The predicted octanol–water partition coefficient (Wildman–Crippen LogP) is 2.71. The average Bonchev–Trinajstić information content (AvgIpc) is 2.37. The molecule has 18 heavy (non-hydrogen) atoms. The molecule has 0 aromatic heterocycles. The van der Waals surface area contributed by atoms with Crippen LogP contribution in [0.3, 0.4) is 0 Å². The zero-order valence-electron chi connectivity index (χ0n) is 11.1. The van der Waals surface area contributed by atoms with Gasteiger partial charge in [0.15, 0.2) is 0 Å². The van der Waals surface area contributed by atoms with E-state index in [9.17, 15) is 4.79 Å². The van der Waals surface area contributed by atoms with Crippen molar-refractivity contribution in [2.24, 2.45) is 5.73 Å². The Morgan fingerprint density at radius 3 is 2.61 bits per heavy atom. The van der Waals surface area contributed by atoms with Gasteiger partial charge in [0.2, 0.25) is 5.91 Å². The molecule has 0 saturated heterocycles. The van der Waals surface area contributed by atoms with E-state index in [1.165, 1.54) is 0 Å². The smallest absolute Gasteiger partial charge is 0.230 e. The van der Waals surface area contributed by atoms with Gasteiger partial charge in [-0.15, -0.1) is 11.8 Å². The van der Waals surface area contributed by atoms with Gasteiger partial charge in [0.25, 0.3) is 0 Å². The second-order valence-corrected chi connectivity index (χ2v) is 5.40. The molecule has 3 N–H and O–H groups in total. The number of hydrogen-bond acceptors (Lipinski definition) is 3. The van der Waals surface area contributed by atoms with Crippen LogP contribution in [0, 0.1) is 0 Å². The number of rotatable bonds is 7. The van der Waals surface area contributed by atoms with Crippen molar-refractivity contribution in [2.45, 2.75) is 37.6 Å². The number of carbonyl (C=O) groups excluding carboxylic acids is 1. The lowest BCUT2D eigenvalue weighted by Crippen LogP contribution is -2.25. The van der Waals surface area contributed by atoms with E-state index in [1.807, 2.05) is 31.2 Å². The predicted molar refractivity (Wildman–Crippen MR) is 77.7 cm³/mol. The molecule has 0 saturated carbocycles. The minimum atomic E-state index is 0.0568. The molecule has 1 rings (SSSR count). The molecule has 1 amide bonds. The van der Waals surface area contributed by atoms with Crippen molar-refractivity contribution in [1.29, 1.82) is 0 Å². The van der Waals surface area contributed by atoms with E-state index in [-0.39, 0.29) is 11.9 Å². The van der Waals surface area contributed by atoms with Crippen LogP contribution in [0.15, 0.2) is 29.2 Å². The third-order valence-electron chi connectivity index (χ3n) is 2.63. The number of benzene rings is 1. The lowest BCUT2D eigenvalue weighted by Gasteiger charge is -2.07. The standard InChI is InChI=1S/C14H22N2OS/c1-3-4-9-16-14(17)10-18-13-7-5-12(6-8-13)11(2)15/h5-8,11H,3-4,9-10,15H2,1-2H3,(H,16,17). The fourth-order valence-corrected chi connectivity index (χ4v) is 2.20. The molecule has 0 spiro atoms. The third-order valence-corrected chi connectivity index (χ3v) is 3.64. The molecule has 0 heterocycles. The highest BCUT2D eigenvalue weighted by atomic mass is 32.2. The van der Waals surface area contributed by atoms with Crippen molar-refractivity contribution in [2.75, 3.05) is 12.3 Å². The Hall–Kier alpha value is -1.00. The summed E-state index contributed by atoms with van der Waals surface area (Å²) < 4.78 is 0. The zero-order valence-corrected chi connectivity index (χ0v) is 11.9. The maximum atomic E-state index is 11.5. The Morgan fingerprint density at radius 2 is 2.06 bits per heavy atom. The Labute approximate surface area is 114 Å². The van der Waals surface area contributed by atoms with Crippen LogP contribution in [0.5, 0.6) is 0 Å². The lowest BCUT2D eigenvalue weighted by molar-refractivity contribution is -0.118. The van der Waals surface area contributed by atoms with E-state index in [0.717, 1.165) is 29.8 Å². The van der Waals surface area contributed by atoms with Crippen LogP contribution in [0.2, 0.25) is 0 Å². The first-order valence-corrected chi connectivity index (χ1v) is 7.37. The first-order valence-electron chi connectivity index (χ1n) is 6.38. The largest absolute Gasteiger partial charge is 0.355 e. The monoisotopic (exact) mass is 266 g/mol. The maximum Gasteiger partial charge on any atom is 0.230 e. The number of hydrogen-bond donors (Lipinski definition) is 2. The lowest BCUT2D eigenvalue weighted by atomic mass is 10.1. The van der Waals surface area contributed by atoms with Gasteiger partial charge in [-0.3, -0.25) is 4.79 Å². The molecule has 1 aromatic rings. The molecule has 0 aliphatic carbocycles. The van der Waals surface area contributed by atoms with Crippen LogP contribution < -0.4 is 11.1 Å². The quantitative estimate of drug-likeness (QED) is 0.589. The van der Waals surface area contributed by atoms with E-state index in [4.69, 9.17) is 5.73 Å². The highest BCUT2D eigenvalue weighted by Gasteiger charge is 2.03. The first kappa shape index (κ1) is 15.1. The second-order valence-electron chi connectivity index (χ2n) is 4.35. The number of nitrogens with one attached hydrogen (secondary N) is 1. The second kappa shape index (κ2) is 8.16. The van der Waals surface area contributed by atoms with Gasteiger partial charge in [0.1, 0.15) is 0 Å². The van der Waals surface area contributed by atoms with Gasteiger partial charge in [-0.05, 0) is 31.0 Å². The van der Waals surface area contributed by atoms with Gasteiger partial charge in [-0.1, -0.05) is 25.5 Å². The highest BCUT2D eigenvalue weighted by molar-refractivity contribution is 8.00. The average molecular weight is 266 g/mol. The summed E-state index contributed by atoms with van der Waals surface area (Å²) >= 11 is 1.55. The van der Waals surface area contributed by atoms with Crippen LogP contribution >= 0.6 is 11.8 Å². The normalized spacial score (nSPS) is 12.2. The molecule has 100 valence electrons. The number of unbranched alkanes of at least 4 members (excludes halogenated alkanes) is 1. The fourth-order valence-electron chi connectivity index (χ4n) is 1.47. The van der Waals surface area contributed by atoms with Gasteiger partial charge in [0, 0.05) is 17.5 Å². The summed E-state index contributed by atoms with van der Waals surface area (Å²) in [5.74, 6) is 0.575. The first-order chi connectivity index (χ1) is 8.63. The number of amides is 1. The number of thioether (sulfide) groups is 1. The van der Waals surface area contributed by atoms with Gasteiger partial charge < -0.3 is 11.1 Å². The molecule has 1 atom stereocenters. The van der Waals surface area contributed by atoms with Crippen LogP contribution in [-0.2, 0) is 4.79 Å². The topological polar surface area (TPSA) is 55.1 Å². The van der Waals surface area contributed by atoms with Crippen LogP contribution in [0.4, 0.5) is 0 Å². The van der Waals surface area contributed by atoms with Crippen molar-refractivity contribution in [3.05, 3.63) is 29.8 Å². The van der Waals surface area contributed by atoms with Crippen molar-refractivity contribution in [3.63, 3.8) is 0 Å². The molecule has 3 nitrogen and oxygen atoms in total. The molecule has 0 bridgehead atoms. The molecule has 0 aliphatic rings. The summed E-state index contributed by atoms with van der Waals surface area (Å²) in [4.78, 5) is 12.6. The van der Waals surface area contributed by atoms with Crippen molar-refractivity contribution < 1.29 is 4.79 Å². The fraction of sp³-hybridized carbons (Fsp3) is 0.500.